The number of rotatable bonds is 4. The molecule has 1 aromatic carbocycles. The zero-order valence-corrected chi connectivity index (χ0v) is 14.9. The van der Waals surface area contributed by atoms with Crippen LogP contribution in [0.2, 0.25) is 5.02 Å². The number of carbonyl (C=O) groups is 2. The van der Waals surface area contributed by atoms with E-state index in [2.05, 4.69) is 5.32 Å². The van der Waals surface area contributed by atoms with Gasteiger partial charge >= 0.3 is 0 Å². The van der Waals surface area contributed by atoms with Crippen molar-refractivity contribution in [3.05, 3.63) is 34.9 Å². The van der Waals surface area contributed by atoms with Gasteiger partial charge in [-0.25, -0.2) is 0 Å². The van der Waals surface area contributed by atoms with E-state index in [1.165, 1.54) is 0 Å². The van der Waals surface area contributed by atoms with Crippen LogP contribution in [0.15, 0.2) is 24.3 Å². The van der Waals surface area contributed by atoms with Crippen LogP contribution in [0.1, 0.15) is 51.0 Å². The Morgan fingerprint density at radius 3 is 2.75 bits per heavy atom. The second-order valence-electron chi connectivity index (χ2n) is 6.96. The Labute approximate surface area is 148 Å². The van der Waals surface area contributed by atoms with Crippen molar-refractivity contribution in [1.29, 1.82) is 0 Å². The van der Waals surface area contributed by atoms with E-state index in [-0.39, 0.29) is 17.9 Å². The Hall–Kier alpha value is -1.55. The first kappa shape index (κ1) is 17.3. The van der Waals surface area contributed by atoms with E-state index in [0.717, 1.165) is 44.2 Å². The molecule has 1 saturated heterocycles. The van der Waals surface area contributed by atoms with Crippen LogP contribution in [0.5, 0.6) is 0 Å². The SMILES string of the molecule is CCC(=O)N[C@H]1CCCN(C(=O)C2(c3cccc(Cl)c3)CCC2)C1. The molecule has 1 aliphatic heterocycles. The van der Waals surface area contributed by atoms with Gasteiger partial charge in [0.15, 0.2) is 0 Å². The minimum Gasteiger partial charge on any atom is -0.352 e. The molecule has 1 aliphatic carbocycles. The first-order valence-electron chi connectivity index (χ1n) is 8.90. The second-order valence-corrected chi connectivity index (χ2v) is 7.39. The van der Waals surface area contributed by atoms with E-state index < -0.39 is 5.41 Å². The van der Waals surface area contributed by atoms with E-state index in [9.17, 15) is 9.59 Å². The molecule has 1 heterocycles. The molecule has 2 aliphatic rings. The molecule has 0 spiro atoms. The summed E-state index contributed by atoms with van der Waals surface area (Å²) in [4.78, 5) is 26.9. The summed E-state index contributed by atoms with van der Waals surface area (Å²) >= 11 is 6.15. The first-order chi connectivity index (χ1) is 11.5. The predicted molar refractivity (Wildman–Crippen MR) is 95.0 cm³/mol. The summed E-state index contributed by atoms with van der Waals surface area (Å²) in [6.45, 7) is 3.25. The molecule has 0 unspecified atom stereocenters. The maximum absolute atomic E-state index is 13.3. The van der Waals surface area contributed by atoms with E-state index in [1.54, 1.807) is 0 Å². The van der Waals surface area contributed by atoms with Gasteiger partial charge in [0.2, 0.25) is 11.8 Å². The lowest BCUT2D eigenvalue weighted by atomic mass is 9.63. The molecule has 3 rings (SSSR count). The van der Waals surface area contributed by atoms with Crippen molar-refractivity contribution in [1.82, 2.24) is 10.2 Å². The summed E-state index contributed by atoms with van der Waals surface area (Å²) in [5, 5.41) is 3.71. The van der Waals surface area contributed by atoms with Crippen LogP contribution >= 0.6 is 11.6 Å². The number of nitrogens with one attached hydrogen (secondary N) is 1. The van der Waals surface area contributed by atoms with Crippen molar-refractivity contribution in [2.45, 2.75) is 56.9 Å². The highest BCUT2D eigenvalue weighted by molar-refractivity contribution is 6.30. The van der Waals surface area contributed by atoms with E-state index >= 15 is 0 Å². The van der Waals surface area contributed by atoms with Gasteiger partial charge in [-0.2, -0.15) is 0 Å². The molecule has 1 saturated carbocycles. The van der Waals surface area contributed by atoms with Gasteiger partial charge < -0.3 is 10.2 Å². The van der Waals surface area contributed by atoms with Crippen molar-refractivity contribution in [3.8, 4) is 0 Å². The average molecular weight is 349 g/mol. The number of piperidine rings is 1. The number of benzene rings is 1. The number of hydrogen-bond donors (Lipinski definition) is 1. The molecule has 2 amide bonds. The van der Waals surface area contributed by atoms with Gasteiger partial charge in [-0.05, 0) is 43.4 Å². The quantitative estimate of drug-likeness (QED) is 0.907. The standard InChI is InChI=1S/C19H25ClN2O2/c1-2-17(23)21-16-8-4-11-22(13-16)18(24)19(9-5-10-19)14-6-3-7-15(20)12-14/h3,6-7,12,16H,2,4-5,8-11,13H2,1H3,(H,21,23)/t16-/m0/s1. The van der Waals surface area contributed by atoms with Gasteiger partial charge in [0.05, 0.1) is 5.41 Å². The summed E-state index contributed by atoms with van der Waals surface area (Å²) in [6, 6.07) is 7.79. The third kappa shape index (κ3) is 3.30. The third-order valence-electron chi connectivity index (χ3n) is 5.39. The first-order valence-corrected chi connectivity index (χ1v) is 9.28. The highest BCUT2D eigenvalue weighted by Gasteiger charge is 2.48. The molecule has 5 heteroatoms. The van der Waals surface area contributed by atoms with Gasteiger partial charge in [-0.3, -0.25) is 9.59 Å². The summed E-state index contributed by atoms with van der Waals surface area (Å²) < 4.78 is 0. The lowest BCUT2D eigenvalue weighted by Crippen LogP contribution is -2.56. The van der Waals surface area contributed by atoms with Crippen LogP contribution in [0.4, 0.5) is 0 Å². The second kappa shape index (κ2) is 7.14. The lowest BCUT2D eigenvalue weighted by Gasteiger charge is -2.46. The van der Waals surface area contributed by atoms with Gasteiger partial charge in [0.25, 0.3) is 0 Å². The van der Waals surface area contributed by atoms with Crippen LogP contribution < -0.4 is 5.32 Å². The minimum atomic E-state index is -0.415. The normalized spacial score (nSPS) is 22.6. The lowest BCUT2D eigenvalue weighted by molar-refractivity contribution is -0.143. The third-order valence-corrected chi connectivity index (χ3v) is 5.62. The summed E-state index contributed by atoms with van der Waals surface area (Å²) in [5.74, 6) is 0.258. The number of nitrogens with zero attached hydrogens (tertiary/aromatic N) is 1. The fourth-order valence-corrected chi connectivity index (χ4v) is 4.04. The smallest absolute Gasteiger partial charge is 0.233 e. The maximum atomic E-state index is 13.3. The van der Waals surface area contributed by atoms with Crippen molar-refractivity contribution < 1.29 is 9.59 Å². The molecule has 1 atom stereocenters. The van der Waals surface area contributed by atoms with Crippen molar-refractivity contribution in [2.24, 2.45) is 0 Å². The molecular formula is C19H25ClN2O2. The maximum Gasteiger partial charge on any atom is 0.233 e. The van der Waals surface area contributed by atoms with Crippen LogP contribution in [-0.2, 0) is 15.0 Å². The van der Waals surface area contributed by atoms with Gasteiger partial charge in [-0.1, -0.05) is 37.1 Å². The van der Waals surface area contributed by atoms with E-state index in [1.807, 2.05) is 36.1 Å². The highest BCUT2D eigenvalue weighted by Crippen LogP contribution is 2.46. The van der Waals surface area contributed by atoms with Crippen LogP contribution in [0, 0.1) is 0 Å². The largest absolute Gasteiger partial charge is 0.352 e. The molecule has 130 valence electrons. The topological polar surface area (TPSA) is 49.4 Å². The Morgan fingerprint density at radius 1 is 1.33 bits per heavy atom. The predicted octanol–water partition coefficient (Wildman–Crippen LogP) is 3.28. The number of likely N-dealkylation sites (tertiary alicyclic amines) is 1. The molecule has 0 bridgehead atoms. The molecule has 2 fully saturated rings. The van der Waals surface area contributed by atoms with Crippen LogP contribution in [0.3, 0.4) is 0 Å². The molecule has 24 heavy (non-hydrogen) atoms. The fourth-order valence-electron chi connectivity index (χ4n) is 3.85. The average Bonchev–Trinajstić information content (AvgIpc) is 2.54. The van der Waals surface area contributed by atoms with Crippen LogP contribution in [0.25, 0.3) is 0 Å². The zero-order chi connectivity index (χ0) is 17.2. The van der Waals surface area contributed by atoms with Crippen molar-refractivity contribution in [2.75, 3.05) is 13.1 Å². The van der Waals surface area contributed by atoms with Crippen molar-refractivity contribution >= 4 is 23.4 Å². The number of amides is 2. The van der Waals surface area contributed by atoms with Gasteiger partial charge in [0.1, 0.15) is 0 Å². The fraction of sp³-hybridized carbons (Fsp3) is 0.579. The number of hydrogen-bond acceptors (Lipinski definition) is 2. The Morgan fingerprint density at radius 2 is 2.12 bits per heavy atom. The minimum absolute atomic E-state index is 0.0579. The summed E-state index contributed by atoms with van der Waals surface area (Å²) in [6.07, 6.45) is 5.20. The molecule has 0 aromatic heterocycles. The monoisotopic (exact) mass is 348 g/mol. The molecule has 1 N–H and O–H groups in total. The number of halogens is 1. The van der Waals surface area contributed by atoms with E-state index in [4.69, 9.17) is 11.6 Å². The van der Waals surface area contributed by atoms with E-state index in [0.29, 0.717) is 18.0 Å². The van der Waals surface area contributed by atoms with Gasteiger partial charge in [0, 0.05) is 30.6 Å². The van der Waals surface area contributed by atoms with Crippen LogP contribution in [-0.4, -0.2) is 35.8 Å². The van der Waals surface area contributed by atoms with Gasteiger partial charge in [-0.15, -0.1) is 0 Å². The molecule has 0 radical (unpaired) electrons. The Balaban J connectivity index is 1.75. The summed E-state index contributed by atoms with van der Waals surface area (Å²) in [7, 11) is 0. The summed E-state index contributed by atoms with van der Waals surface area (Å²) in [5.41, 5.74) is 0.618. The Kier molecular flexibility index (Phi) is 5.14. The molecular weight excluding hydrogens is 324 g/mol. The molecule has 4 nitrogen and oxygen atoms in total. The zero-order valence-electron chi connectivity index (χ0n) is 14.2. The number of carbonyl (C=O) groups excluding carboxylic acids is 2. The Bertz CT molecular complexity index is 628. The molecule has 1 aromatic rings. The van der Waals surface area contributed by atoms with Crippen molar-refractivity contribution in [3.63, 3.8) is 0 Å². The highest BCUT2D eigenvalue weighted by atomic mass is 35.5.